The van der Waals surface area contributed by atoms with Crippen LogP contribution >= 0.6 is 23.8 Å². The fourth-order valence-electron chi connectivity index (χ4n) is 1.80. The molecule has 0 spiro atoms. The van der Waals surface area contributed by atoms with Gasteiger partial charge in [0, 0.05) is 6.20 Å². The maximum Gasteiger partial charge on any atom is 0.183 e. The van der Waals surface area contributed by atoms with Crippen LogP contribution in [0.1, 0.15) is 0 Å². The number of rotatable bonds is 1. The standard InChI is InChI=1S/C12H7ClFN3S/c13-8-4-3-7(6-9(8)14)17-11-10(16-12(17)18)2-1-5-15-11/h1-6H,(H,16,18). The Hall–Kier alpha value is -1.72. The molecule has 0 aliphatic heterocycles. The number of fused-ring (bicyclic) bond motifs is 1. The topological polar surface area (TPSA) is 33.6 Å². The lowest BCUT2D eigenvalue weighted by Gasteiger charge is -2.04. The largest absolute Gasteiger partial charge is 0.329 e. The van der Waals surface area contributed by atoms with Crippen LogP contribution in [-0.2, 0) is 0 Å². The van der Waals surface area contributed by atoms with Crippen molar-refractivity contribution in [1.29, 1.82) is 0 Å². The minimum Gasteiger partial charge on any atom is -0.329 e. The van der Waals surface area contributed by atoms with Gasteiger partial charge in [-0.1, -0.05) is 11.6 Å². The van der Waals surface area contributed by atoms with Gasteiger partial charge in [-0.25, -0.2) is 9.37 Å². The zero-order chi connectivity index (χ0) is 12.7. The molecule has 0 aliphatic rings. The van der Waals surface area contributed by atoms with Gasteiger partial charge < -0.3 is 4.98 Å². The Bertz CT molecular complexity index is 793. The minimum atomic E-state index is -0.485. The average molecular weight is 280 g/mol. The molecule has 0 radical (unpaired) electrons. The van der Waals surface area contributed by atoms with Gasteiger partial charge in [0.05, 0.1) is 16.2 Å². The molecule has 0 saturated carbocycles. The summed E-state index contributed by atoms with van der Waals surface area (Å²) in [5, 5.41) is 0.0815. The van der Waals surface area contributed by atoms with E-state index < -0.39 is 5.82 Å². The fourth-order valence-corrected chi connectivity index (χ4v) is 2.22. The second kappa shape index (κ2) is 4.19. The lowest BCUT2D eigenvalue weighted by molar-refractivity contribution is 0.627. The van der Waals surface area contributed by atoms with Crippen LogP contribution in [0.2, 0.25) is 5.02 Å². The monoisotopic (exact) mass is 279 g/mol. The summed E-state index contributed by atoms with van der Waals surface area (Å²) >= 11 is 10.9. The number of H-pyrrole nitrogens is 1. The summed E-state index contributed by atoms with van der Waals surface area (Å²) in [5.41, 5.74) is 2.05. The van der Waals surface area contributed by atoms with Gasteiger partial charge >= 0.3 is 0 Å². The van der Waals surface area contributed by atoms with E-state index in [2.05, 4.69) is 9.97 Å². The fraction of sp³-hybridized carbons (Fsp3) is 0. The Morgan fingerprint density at radius 2 is 2.17 bits per heavy atom. The number of nitrogens with one attached hydrogen (secondary N) is 1. The SMILES string of the molecule is Fc1cc(-n2c(=S)[nH]c3cccnc32)ccc1Cl. The number of imidazole rings is 1. The van der Waals surface area contributed by atoms with Crippen LogP contribution in [0, 0.1) is 10.6 Å². The number of hydrogen-bond acceptors (Lipinski definition) is 2. The number of halogens is 2. The summed E-state index contributed by atoms with van der Waals surface area (Å²) in [4.78, 5) is 7.26. The maximum atomic E-state index is 13.5. The molecule has 3 aromatic rings. The van der Waals surface area contributed by atoms with Gasteiger partial charge in [-0.15, -0.1) is 0 Å². The molecule has 90 valence electrons. The van der Waals surface area contributed by atoms with E-state index in [1.54, 1.807) is 22.9 Å². The van der Waals surface area contributed by atoms with Crippen molar-refractivity contribution in [2.45, 2.75) is 0 Å². The molecule has 0 atom stereocenters. The number of pyridine rings is 1. The minimum absolute atomic E-state index is 0.0815. The number of aromatic amines is 1. The van der Waals surface area contributed by atoms with E-state index in [4.69, 9.17) is 23.8 Å². The summed E-state index contributed by atoms with van der Waals surface area (Å²) in [6.45, 7) is 0. The molecule has 18 heavy (non-hydrogen) atoms. The van der Waals surface area contributed by atoms with Crippen molar-refractivity contribution >= 4 is 35.0 Å². The third-order valence-corrected chi connectivity index (χ3v) is 3.20. The Balaban J connectivity index is 2.34. The lowest BCUT2D eigenvalue weighted by Crippen LogP contribution is -1.96. The predicted molar refractivity (Wildman–Crippen MR) is 71.2 cm³/mol. The number of nitrogens with zero attached hydrogens (tertiary/aromatic N) is 2. The summed E-state index contributed by atoms with van der Waals surface area (Å²) in [6.07, 6.45) is 1.66. The van der Waals surface area contributed by atoms with Crippen molar-refractivity contribution in [3.8, 4) is 5.69 Å². The maximum absolute atomic E-state index is 13.5. The van der Waals surface area contributed by atoms with E-state index in [1.165, 1.54) is 12.1 Å². The van der Waals surface area contributed by atoms with Gasteiger partial charge in [-0.05, 0) is 42.5 Å². The molecule has 0 unspecified atom stereocenters. The van der Waals surface area contributed by atoms with Crippen molar-refractivity contribution in [1.82, 2.24) is 14.5 Å². The van der Waals surface area contributed by atoms with E-state index in [9.17, 15) is 4.39 Å². The van der Waals surface area contributed by atoms with Crippen LogP contribution in [0.3, 0.4) is 0 Å². The molecule has 0 aliphatic carbocycles. The van der Waals surface area contributed by atoms with Crippen molar-refractivity contribution in [2.24, 2.45) is 0 Å². The van der Waals surface area contributed by atoms with Crippen molar-refractivity contribution in [3.63, 3.8) is 0 Å². The van der Waals surface area contributed by atoms with Gasteiger partial charge in [-0.3, -0.25) is 4.57 Å². The first-order valence-corrected chi connectivity index (χ1v) is 5.96. The molecular formula is C12H7ClFN3S. The van der Waals surface area contributed by atoms with Gasteiger partial charge in [0.2, 0.25) is 0 Å². The summed E-state index contributed by atoms with van der Waals surface area (Å²) < 4.78 is 15.6. The number of benzene rings is 1. The first-order chi connectivity index (χ1) is 8.66. The smallest absolute Gasteiger partial charge is 0.183 e. The Morgan fingerprint density at radius 1 is 1.33 bits per heavy atom. The van der Waals surface area contributed by atoms with Gasteiger partial charge in [0.15, 0.2) is 10.4 Å². The summed E-state index contributed by atoms with van der Waals surface area (Å²) in [7, 11) is 0. The van der Waals surface area contributed by atoms with Crippen LogP contribution in [0.15, 0.2) is 36.5 Å². The molecular weight excluding hydrogens is 273 g/mol. The molecule has 2 heterocycles. The summed E-state index contributed by atoms with van der Waals surface area (Å²) in [6, 6.07) is 8.19. The molecule has 0 amide bonds. The molecule has 0 fully saturated rings. The van der Waals surface area contributed by atoms with Crippen LogP contribution in [-0.4, -0.2) is 14.5 Å². The number of aromatic nitrogens is 3. The molecule has 3 rings (SSSR count). The van der Waals surface area contributed by atoms with E-state index in [-0.39, 0.29) is 5.02 Å². The molecule has 2 aromatic heterocycles. The highest BCUT2D eigenvalue weighted by Gasteiger charge is 2.09. The molecule has 0 bridgehead atoms. The van der Waals surface area contributed by atoms with Crippen molar-refractivity contribution < 1.29 is 4.39 Å². The second-order valence-electron chi connectivity index (χ2n) is 3.74. The lowest BCUT2D eigenvalue weighted by atomic mass is 10.3. The van der Waals surface area contributed by atoms with Crippen molar-refractivity contribution in [2.75, 3.05) is 0 Å². The molecule has 1 aromatic carbocycles. The Labute approximate surface area is 112 Å². The van der Waals surface area contributed by atoms with Crippen LogP contribution in [0.5, 0.6) is 0 Å². The third-order valence-electron chi connectivity index (χ3n) is 2.60. The third kappa shape index (κ3) is 1.72. The molecule has 6 heteroatoms. The highest BCUT2D eigenvalue weighted by molar-refractivity contribution is 7.71. The Kier molecular flexibility index (Phi) is 2.65. The average Bonchev–Trinajstić information content (AvgIpc) is 2.69. The molecule has 0 saturated heterocycles. The second-order valence-corrected chi connectivity index (χ2v) is 4.53. The van der Waals surface area contributed by atoms with Gasteiger partial charge in [0.1, 0.15) is 5.82 Å². The summed E-state index contributed by atoms with van der Waals surface area (Å²) in [5.74, 6) is -0.485. The van der Waals surface area contributed by atoms with Crippen LogP contribution in [0.25, 0.3) is 16.9 Å². The molecule has 3 nitrogen and oxygen atoms in total. The highest BCUT2D eigenvalue weighted by atomic mass is 35.5. The quantitative estimate of drug-likeness (QED) is 0.686. The van der Waals surface area contributed by atoms with E-state index in [0.717, 1.165) is 5.52 Å². The van der Waals surface area contributed by atoms with Crippen LogP contribution in [0.4, 0.5) is 4.39 Å². The Morgan fingerprint density at radius 3 is 2.94 bits per heavy atom. The zero-order valence-corrected chi connectivity index (χ0v) is 10.6. The van der Waals surface area contributed by atoms with Crippen LogP contribution < -0.4 is 0 Å². The predicted octanol–water partition coefficient (Wildman–Crippen LogP) is 3.88. The van der Waals surface area contributed by atoms with Gasteiger partial charge in [-0.2, -0.15) is 0 Å². The normalized spacial score (nSPS) is 11.0. The van der Waals surface area contributed by atoms with Crippen molar-refractivity contribution in [3.05, 3.63) is 52.1 Å². The van der Waals surface area contributed by atoms with E-state index >= 15 is 0 Å². The molecule has 1 N–H and O–H groups in total. The highest BCUT2D eigenvalue weighted by Crippen LogP contribution is 2.21. The number of hydrogen-bond donors (Lipinski definition) is 1. The van der Waals surface area contributed by atoms with E-state index in [0.29, 0.717) is 16.1 Å². The zero-order valence-electron chi connectivity index (χ0n) is 9.02. The first-order valence-electron chi connectivity index (χ1n) is 5.18. The first kappa shape index (κ1) is 11.4. The van der Waals surface area contributed by atoms with Gasteiger partial charge in [0.25, 0.3) is 0 Å². The van der Waals surface area contributed by atoms with E-state index in [1.807, 2.05) is 6.07 Å².